The van der Waals surface area contributed by atoms with Crippen LogP contribution in [0.1, 0.15) is 57.4 Å². The minimum absolute atomic E-state index is 0.0717. The maximum Gasteiger partial charge on any atom is 0.234 e. The molecule has 0 unspecified atom stereocenters. The zero-order valence-electron chi connectivity index (χ0n) is 13.9. The maximum atomic E-state index is 12.1. The monoisotopic (exact) mass is 307 g/mol. The van der Waals surface area contributed by atoms with Gasteiger partial charge in [-0.3, -0.25) is 9.69 Å². The first kappa shape index (κ1) is 17.0. The average molecular weight is 307 g/mol. The van der Waals surface area contributed by atoms with Crippen molar-refractivity contribution >= 4 is 5.91 Å². The summed E-state index contributed by atoms with van der Waals surface area (Å²) in [5.74, 6) is 1.36. The zero-order chi connectivity index (χ0) is 15.8. The molecule has 1 aliphatic rings. The fraction of sp³-hybridized carbons (Fsp3) is 0.765. The van der Waals surface area contributed by atoms with E-state index in [0.717, 1.165) is 31.0 Å². The summed E-state index contributed by atoms with van der Waals surface area (Å²) in [6.45, 7) is 7.30. The molecule has 124 valence electrons. The number of likely N-dealkylation sites (tertiary alicyclic amines) is 1. The molecule has 2 heterocycles. The Morgan fingerprint density at radius 3 is 2.64 bits per heavy atom. The van der Waals surface area contributed by atoms with Gasteiger partial charge in [0.1, 0.15) is 0 Å². The molecule has 0 bridgehead atoms. The van der Waals surface area contributed by atoms with E-state index in [1.54, 1.807) is 0 Å². The maximum absolute atomic E-state index is 12.1. The van der Waals surface area contributed by atoms with Gasteiger partial charge in [0.05, 0.1) is 18.8 Å². The highest BCUT2D eigenvalue weighted by atomic mass is 16.5. The van der Waals surface area contributed by atoms with Gasteiger partial charge >= 0.3 is 0 Å². The van der Waals surface area contributed by atoms with Crippen LogP contribution in [0.4, 0.5) is 0 Å². The number of hydrogen-bond acceptors (Lipinski definition) is 4. The minimum atomic E-state index is 0.0717. The number of rotatable bonds is 6. The lowest BCUT2D eigenvalue weighted by Gasteiger charge is -2.23. The lowest BCUT2D eigenvalue weighted by molar-refractivity contribution is -0.122. The molecule has 1 aliphatic heterocycles. The predicted molar refractivity (Wildman–Crippen MR) is 86.4 cm³/mol. The summed E-state index contributed by atoms with van der Waals surface area (Å²) in [6, 6.07) is 1.94. The molecular weight excluding hydrogens is 278 g/mol. The van der Waals surface area contributed by atoms with Crippen molar-refractivity contribution in [3.05, 3.63) is 17.5 Å². The summed E-state index contributed by atoms with van der Waals surface area (Å²) in [6.07, 6.45) is 7.22. The highest BCUT2D eigenvalue weighted by Crippen LogP contribution is 2.11. The number of amides is 1. The molecule has 5 heteroatoms. The lowest BCUT2D eigenvalue weighted by Crippen LogP contribution is -2.38. The molecule has 0 radical (unpaired) electrons. The summed E-state index contributed by atoms with van der Waals surface area (Å²) in [7, 11) is 0. The van der Waals surface area contributed by atoms with Crippen LogP contribution in [0.25, 0.3) is 0 Å². The Bertz CT molecular complexity index is 449. The van der Waals surface area contributed by atoms with Crippen molar-refractivity contribution in [2.75, 3.05) is 19.6 Å². The molecule has 1 aromatic rings. The van der Waals surface area contributed by atoms with E-state index < -0.39 is 0 Å². The molecule has 1 saturated heterocycles. The van der Waals surface area contributed by atoms with Gasteiger partial charge in [0.25, 0.3) is 0 Å². The molecule has 22 heavy (non-hydrogen) atoms. The van der Waals surface area contributed by atoms with Crippen LogP contribution >= 0.6 is 0 Å². The molecule has 1 amide bonds. The molecule has 5 nitrogen and oxygen atoms in total. The quantitative estimate of drug-likeness (QED) is 0.878. The van der Waals surface area contributed by atoms with E-state index in [0.29, 0.717) is 19.0 Å². The Labute approximate surface area is 133 Å². The van der Waals surface area contributed by atoms with Crippen LogP contribution in [0.5, 0.6) is 0 Å². The molecule has 0 atom stereocenters. The normalized spacial score (nSPS) is 17.2. The Balaban J connectivity index is 1.71. The van der Waals surface area contributed by atoms with Gasteiger partial charge < -0.3 is 9.84 Å². The fourth-order valence-electron chi connectivity index (χ4n) is 2.87. The summed E-state index contributed by atoms with van der Waals surface area (Å²) < 4.78 is 5.26. The van der Waals surface area contributed by atoms with Gasteiger partial charge in [-0.05, 0) is 38.3 Å². The van der Waals surface area contributed by atoms with Gasteiger partial charge in [0.15, 0.2) is 5.76 Å². The lowest BCUT2D eigenvalue weighted by atomic mass is 10.1. The standard InChI is InChI=1S/C17H29N3O2/c1-14(2)10-15-11-16(22-19-15)12-18-17(21)13-20-8-6-4-3-5-7-9-20/h11,14H,3-10,12-13H2,1-2H3,(H,18,21). The third kappa shape index (κ3) is 6.18. The number of carbonyl (C=O) groups excluding carboxylic acids is 1. The van der Waals surface area contributed by atoms with Gasteiger partial charge in [-0.1, -0.05) is 38.3 Å². The van der Waals surface area contributed by atoms with Crippen molar-refractivity contribution in [1.82, 2.24) is 15.4 Å². The molecule has 0 spiro atoms. The first-order chi connectivity index (χ1) is 10.6. The number of aromatic nitrogens is 1. The second-order valence-corrected chi connectivity index (χ2v) is 6.70. The minimum Gasteiger partial charge on any atom is -0.359 e. The number of nitrogens with zero attached hydrogens (tertiary/aromatic N) is 2. The van der Waals surface area contributed by atoms with Crippen LogP contribution in [0.15, 0.2) is 10.6 Å². The molecule has 0 aromatic carbocycles. The number of carbonyl (C=O) groups is 1. The molecule has 1 fully saturated rings. The van der Waals surface area contributed by atoms with Crippen LogP contribution < -0.4 is 5.32 Å². The van der Waals surface area contributed by atoms with E-state index in [-0.39, 0.29) is 5.91 Å². The van der Waals surface area contributed by atoms with E-state index >= 15 is 0 Å². The van der Waals surface area contributed by atoms with Gasteiger partial charge in [-0.25, -0.2) is 0 Å². The summed E-state index contributed by atoms with van der Waals surface area (Å²) in [5.41, 5.74) is 0.961. The SMILES string of the molecule is CC(C)Cc1cc(CNC(=O)CN2CCCCCCC2)on1. The highest BCUT2D eigenvalue weighted by molar-refractivity contribution is 5.77. The van der Waals surface area contributed by atoms with E-state index in [1.807, 2.05) is 6.07 Å². The van der Waals surface area contributed by atoms with Crippen LogP contribution in [0.3, 0.4) is 0 Å². The van der Waals surface area contributed by atoms with Crippen molar-refractivity contribution in [1.29, 1.82) is 0 Å². The Hall–Kier alpha value is -1.36. The topological polar surface area (TPSA) is 58.4 Å². The fourth-order valence-corrected chi connectivity index (χ4v) is 2.87. The second kappa shape index (κ2) is 8.93. The molecule has 0 aliphatic carbocycles. The van der Waals surface area contributed by atoms with Gasteiger partial charge in [-0.2, -0.15) is 0 Å². The zero-order valence-corrected chi connectivity index (χ0v) is 13.9. The first-order valence-corrected chi connectivity index (χ1v) is 8.57. The molecular formula is C17H29N3O2. The van der Waals surface area contributed by atoms with Crippen molar-refractivity contribution in [2.45, 2.75) is 58.9 Å². The summed E-state index contributed by atoms with van der Waals surface area (Å²) >= 11 is 0. The van der Waals surface area contributed by atoms with Crippen molar-refractivity contribution in [2.24, 2.45) is 5.92 Å². The molecule has 2 rings (SSSR count). The Kier molecular flexibility index (Phi) is 6.90. The highest BCUT2D eigenvalue weighted by Gasteiger charge is 2.13. The Morgan fingerprint density at radius 2 is 1.95 bits per heavy atom. The van der Waals surface area contributed by atoms with Crippen LogP contribution in [-0.2, 0) is 17.8 Å². The van der Waals surface area contributed by atoms with Gasteiger partial charge in [0, 0.05) is 6.07 Å². The number of hydrogen-bond donors (Lipinski definition) is 1. The molecule has 1 N–H and O–H groups in total. The number of nitrogens with one attached hydrogen (secondary N) is 1. The van der Waals surface area contributed by atoms with Gasteiger partial charge in [-0.15, -0.1) is 0 Å². The third-order valence-corrected chi connectivity index (χ3v) is 4.00. The van der Waals surface area contributed by atoms with Gasteiger partial charge in [0.2, 0.25) is 5.91 Å². The van der Waals surface area contributed by atoms with E-state index in [2.05, 4.69) is 29.2 Å². The second-order valence-electron chi connectivity index (χ2n) is 6.70. The van der Waals surface area contributed by atoms with Crippen molar-refractivity contribution in [3.8, 4) is 0 Å². The summed E-state index contributed by atoms with van der Waals surface area (Å²) in [5, 5.41) is 6.97. The van der Waals surface area contributed by atoms with E-state index in [1.165, 1.54) is 32.1 Å². The summed E-state index contributed by atoms with van der Waals surface area (Å²) in [4.78, 5) is 14.3. The van der Waals surface area contributed by atoms with Crippen molar-refractivity contribution in [3.63, 3.8) is 0 Å². The van der Waals surface area contributed by atoms with E-state index in [4.69, 9.17) is 4.52 Å². The van der Waals surface area contributed by atoms with Crippen LogP contribution in [-0.4, -0.2) is 35.6 Å². The first-order valence-electron chi connectivity index (χ1n) is 8.57. The van der Waals surface area contributed by atoms with E-state index in [9.17, 15) is 4.79 Å². The van der Waals surface area contributed by atoms with Crippen molar-refractivity contribution < 1.29 is 9.32 Å². The molecule has 1 aromatic heterocycles. The predicted octanol–water partition coefficient (Wildman–Crippen LogP) is 2.76. The molecule has 0 saturated carbocycles. The van der Waals surface area contributed by atoms with Crippen LogP contribution in [0.2, 0.25) is 0 Å². The smallest absolute Gasteiger partial charge is 0.234 e. The average Bonchev–Trinajstić information content (AvgIpc) is 2.86. The van der Waals surface area contributed by atoms with Crippen LogP contribution in [0, 0.1) is 5.92 Å². The third-order valence-electron chi connectivity index (χ3n) is 4.00. The Morgan fingerprint density at radius 1 is 1.27 bits per heavy atom. The largest absolute Gasteiger partial charge is 0.359 e.